The van der Waals surface area contributed by atoms with Crippen molar-refractivity contribution < 1.29 is 27.2 Å². The van der Waals surface area contributed by atoms with E-state index in [0.29, 0.717) is 18.1 Å². The molecule has 21 heavy (non-hydrogen) atoms. The van der Waals surface area contributed by atoms with Crippen LogP contribution in [0, 0.1) is 0 Å². The zero-order valence-corrected chi connectivity index (χ0v) is 12.4. The van der Waals surface area contributed by atoms with E-state index in [1.807, 2.05) is 10.8 Å². The molecule has 1 aromatic carbocycles. The Morgan fingerprint density at radius 1 is 1.24 bits per heavy atom. The minimum absolute atomic E-state index is 0.171. The maximum Gasteiger partial charge on any atom is 0.294 e. The van der Waals surface area contributed by atoms with Gasteiger partial charge in [0.15, 0.2) is 17.6 Å². The molecule has 1 N–H and O–H groups in total. The molecule has 1 aliphatic rings. The summed E-state index contributed by atoms with van der Waals surface area (Å²) in [7, 11) is -4.18. The predicted octanol–water partition coefficient (Wildman–Crippen LogP) is 2.21. The normalized spacial score (nSPS) is 17.5. The largest absolute Gasteiger partial charge is 0.490 e. The van der Waals surface area contributed by atoms with Gasteiger partial charge in [-0.15, -0.1) is 11.3 Å². The Kier molecular flexibility index (Phi) is 3.75. The molecule has 1 atom stereocenters. The van der Waals surface area contributed by atoms with Crippen LogP contribution in [0.25, 0.3) is 0 Å². The number of ether oxygens (including phenoxy) is 3. The topological polar surface area (TPSA) is 82.1 Å². The second kappa shape index (κ2) is 5.55. The Morgan fingerprint density at radius 2 is 1.95 bits per heavy atom. The van der Waals surface area contributed by atoms with E-state index in [4.69, 9.17) is 18.8 Å². The molecule has 2 aromatic rings. The van der Waals surface area contributed by atoms with E-state index >= 15 is 0 Å². The van der Waals surface area contributed by atoms with Gasteiger partial charge in [-0.3, -0.25) is 4.55 Å². The summed E-state index contributed by atoms with van der Waals surface area (Å²) in [4.78, 5) is -0.171. The summed E-state index contributed by atoms with van der Waals surface area (Å²) in [6.45, 7) is 0.674. The molecule has 1 aliphatic heterocycles. The summed E-state index contributed by atoms with van der Waals surface area (Å²) in [6, 6.07) is 5.51. The fraction of sp³-hybridized carbons (Fsp3) is 0.231. The molecule has 0 saturated heterocycles. The van der Waals surface area contributed by atoms with E-state index in [-0.39, 0.29) is 17.6 Å². The summed E-state index contributed by atoms with van der Waals surface area (Å²) in [5.41, 5.74) is 0. The molecular formula is C13H12O6S2. The van der Waals surface area contributed by atoms with Crippen LogP contribution in [0.3, 0.4) is 0 Å². The quantitative estimate of drug-likeness (QED) is 0.867. The summed E-state index contributed by atoms with van der Waals surface area (Å²) in [6.07, 6.45) is -0.228. The summed E-state index contributed by atoms with van der Waals surface area (Å²) in [5, 5.41) is 3.74. The molecular weight excluding hydrogens is 316 g/mol. The van der Waals surface area contributed by atoms with Crippen molar-refractivity contribution in [1.82, 2.24) is 0 Å². The second-order valence-corrected chi connectivity index (χ2v) is 6.57. The van der Waals surface area contributed by atoms with Gasteiger partial charge in [-0.1, -0.05) is 0 Å². The van der Waals surface area contributed by atoms with Gasteiger partial charge >= 0.3 is 0 Å². The van der Waals surface area contributed by atoms with E-state index in [1.165, 1.54) is 35.6 Å². The highest BCUT2D eigenvalue weighted by atomic mass is 32.2. The van der Waals surface area contributed by atoms with Crippen LogP contribution in [0.2, 0.25) is 0 Å². The molecule has 0 fully saturated rings. The highest BCUT2D eigenvalue weighted by Crippen LogP contribution is 2.35. The molecule has 0 aliphatic carbocycles. The SMILES string of the molecule is O=S(=O)(O)c1ccc(OCC2COc3cscc3O2)cc1. The minimum atomic E-state index is -4.18. The molecule has 0 bridgehead atoms. The Morgan fingerprint density at radius 3 is 2.67 bits per heavy atom. The lowest BCUT2D eigenvalue weighted by molar-refractivity contribution is 0.0546. The lowest BCUT2D eigenvalue weighted by atomic mass is 10.3. The van der Waals surface area contributed by atoms with Crippen molar-refractivity contribution in [3.63, 3.8) is 0 Å². The zero-order valence-electron chi connectivity index (χ0n) is 10.8. The smallest absolute Gasteiger partial charge is 0.294 e. The molecule has 8 heteroatoms. The van der Waals surface area contributed by atoms with Crippen molar-refractivity contribution in [3.8, 4) is 17.2 Å². The molecule has 0 saturated carbocycles. The first kappa shape index (κ1) is 14.2. The van der Waals surface area contributed by atoms with Crippen molar-refractivity contribution in [2.24, 2.45) is 0 Å². The number of thiophene rings is 1. The van der Waals surface area contributed by atoms with Crippen LogP contribution in [0.4, 0.5) is 0 Å². The van der Waals surface area contributed by atoms with Gasteiger partial charge < -0.3 is 14.2 Å². The molecule has 2 heterocycles. The van der Waals surface area contributed by atoms with E-state index in [9.17, 15) is 8.42 Å². The third-order valence-electron chi connectivity index (χ3n) is 2.87. The first-order chi connectivity index (χ1) is 10.0. The first-order valence-corrected chi connectivity index (χ1v) is 8.46. The van der Waals surface area contributed by atoms with Crippen LogP contribution in [-0.4, -0.2) is 32.3 Å². The van der Waals surface area contributed by atoms with Gasteiger partial charge in [-0.05, 0) is 24.3 Å². The van der Waals surface area contributed by atoms with Gasteiger partial charge in [0.2, 0.25) is 0 Å². The van der Waals surface area contributed by atoms with E-state index in [2.05, 4.69) is 0 Å². The van der Waals surface area contributed by atoms with Crippen LogP contribution < -0.4 is 14.2 Å². The van der Waals surface area contributed by atoms with Crippen LogP contribution in [-0.2, 0) is 10.1 Å². The Hall–Kier alpha value is -1.77. The van der Waals surface area contributed by atoms with E-state index in [1.54, 1.807) is 0 Å². The molecule has 6 nitrogen and oxygen atoms in total. The molecule has 0 spiro atoms. The maximum atomic E-state index is 10.9. The fourth-order valence-corrected chi connectivity index (χ4v) is 2.99. The number of hydrogen-bond acceptors (Lipinski definition) is 6. The minimum Gasteiger partial charge on any atom is -0.490 e. The van der Waals surface area contributed by atoms with Crippen LogP contribution in [0.15, 0.2) is 39.9 Å². The highest BCUT2D eigenvalue weighted by Gasteiger charge is 2.22. The Labute approximate surface area is 125 Å². The lowest BCUT2D eigenvalue weighted by Crippen LogP contribution is -2.34. The molecule has 1 unspecified atom stereocenters. The number of fused-ring (bicyclic) bond motifs is 1. The number of benzene rings is 1. The number of rotatable bonds is 4. The third-order valence-corrected chi connectivity index (χ3v) is 4.44. The maximum absolute atomic E-state index is 10.9. The predicted molar refractivity (Wildman–Crippen MR) is 76.0 cm³/mol. The summed E-state index contributed by atoms with van der Waals surface area (Å²) < 4.78 is 47.5. The van der Waals surface area contributed by atoms with Gasteiger partial charge in [0, 0.05) is 10.8 Å². The molecule has 1 aromatic heterocycles. The Bertz CT molecular complexity index is 719. The molecule has 0 radical (unpaired) electrons. The van der Waals surface area contributed by atoms with Crippen molar-refractivity contribution in [1.29, 1.82) is 0 Å². The van der Waals surface area contributed by atoms with Gasteiger partial charge in [-0.25, -0.2) is 0 Å². The third kappa shape index (κ3) is 3.29. The van der Waals surface area contributed by atoms with Gasteiger partial charge in [-0.2, -0.15) is 8.42 Å². The highest BCUT2D eigenvalue weighted by molar-refractivity contribution is 7.85. The molecule has 3 rings (SSSR count). The monoisotopic (exact) mass is 328 g/mol. The lowest BCUT2D eigenvalue weighted by Gasteiger charge is -2.24. The number of hydrogen-bond donors (Lipinski definition) is 1. The fourth-order valence-electron chi connectivity index (χ4n) is 1.84. The summed E-state index contributed by atoms with van der Waals surface area (Å²) >= 11 is 1.50. The van der Waals surface area contributed by atoms with E-state index in [0.717, 1.165) is 5.75 Å². The standard InChI is InChI=1S/C13H12O6S2/c14-21(15,16)11-3-1-9(2-4-11)17-5-10-6-18-12-7-20-8-13(12)19-10/h1-4,7-8,10H,5-6H2,(H,14,15,16). The van der Waals surface area contributed by atoms with Crippen molar-refractivity contribution in [2.75, 3.05) is 13.2 Å². The zero-order chi connectivity index (χ0) is 14.9. The first-order valence-electron chi connectivity index (χ1n) is 6.08. The summed E-state index contributed by atoms with van der Waals surface area (Å²) in [5.74, 6) is 1.94. The second-order valence-electron chi connectivity index (χ2n) is 4.41. The molecule has 112 valence electrons. The van der Waals surface area contributed by atoms with Gasteiger partial charge in [0.25, 0.3) is 10.1 Å². The molecule has 0 amide bonds. The average Bonchev–Trinajstić information content (AvgIpc) is 2.92. The van der Waals surface area contributed by atoms with Crippen LogP contribution in [0.5, 0.6) is 17.2 Å². The van der Waals surface area contributed by atoms with Gasteiger partial charge in [0.05, 0.1) is 4.90 Å². The van der Waals surface area contributed by atoms with Gasteiger partial charge in [0.1, 0.15) is 19.0 Å². The van der Waals surface area contributed by atoms with Crippen LogP contribution in [0.1, 0.15) is 0 Å². The Balaban J connectivity index is 1.59. The van der Waals surface area contributed by atoms with Crippen molar-refractivity contribution in [2.45, 2.75) is 11.0 Å². The van der Waals surface area contributed by atoms with Crippen molar-refractivity contribution in [3.05, 3.63) is 35.0 Å². The van der Waals surface area contributed by atoms with E-state index < -0.39 is 10.1 Å². The average molecular weight is 328 g/mol. The van der Waals surface area contributed by atoms with Crippen molar-refractivity contribution >= 4 is 21.5 Å². The van der Waals surface area contributed by atoms with Crippen LogP contribution >= 0.6 is 11.3 Å².